The Bertz CT molecular complexity index is 671. The topological polar surface area (TPSA) is 31.6 Å². The largest absolute Gasteiger partial charge is 0.463 e. The first-order valence-electron chi connectivity index (χ1n) is 7.64. The van der Waals surface area contributed by atoms with Crippen LogP contribution in [0.4, 0.5) is 0 Å². The van der Waals surface area contributed by atoms with Crippen LogP contribution in [-0.4, -0.2) is 18.8 Å². The predicted octanol–water partition coefficient (Wildman–Crippen LogP) is 4.40. The van der Waals surface area contributed by atoms with Gasteiger partial charge in [0.05, 0.1) is 23.0 Å². The molecule has 21 heavy (non-hydrogen) atoms. The summed E-state index contributed by atoms with van der Waals surface area (Å²) in [4.78, 5) is 0. The fourth-order valence-electron chi connectivity index (χ4n) is 3.63. The van der Waals surface area contributed by atoms with Crippen LogP contribution in [0.25, 0.3) is 11.0 Å². The van der Waals surface area contributed by atoms with E-state index >= 15 is 0 Å². The molecule has 5 heteroatoms. The van der Waals surface area contributed by atoms with Crippen LogP contribution in [0, 0.1) is 0 Å². The molecule has 0 amide bonds. The molecule has 1 aromatic carbocycles. The molecular weight excluding hydrogens is 286 g/mol. The van der Waals surface area contributed by atoms with Crippen molar-refractivity contribution in [3.05, 3.63) is 35.0 Å². The van der Waals surface area contributed by atoms with Crippen molar-refractivity contribution in [2.24, 2.45) is 0 Å². The number of rotatable bonds is 2. The van der Waals surface area contributed by atoms with Crippen molar-refractivity contribution in [3.8, 4) is 0 Å². The van der Waals surface area contributed by atoms with Crippen LogP contribution >= 0.6 is 11.6 Å². The normalized spacial score (nSPS) is 29.0. The average molecular weight is 305 g/mol. The molecule has 1 aliphatic heterocycles. The van der Waals surface area contributed by atoms with Crippen LogP contribution in [0.3, 0.4) is 0 Å². The molecule has 0 N–H and O–H groups in total. The molecule has 1 unspecified atom stereocenters. The third-order valence-corrected chi connectivity index (χ3v) is 5.10. The highest BCUT2D eigenvalue weighted by molar-refractivity contribution is 6.45. The van der Waals surface area contributed by atoms with Gasteiger partial charge in [-0.2, -0.15) is 0 Å². The zero-order chi connectivity index (χ0) is 14.4. The van der Waals surface area contributed by atoms with Gasteiger partial charge in [-0.1, -0.05) is 36.6 Å². The lowest BCUT2D eigenvalue weighted by atomic mass is 9.80. The summed E-state index contributed by atoms with van der Waals surface area (Å²) in [5.74, 6) is 0. The van der Waals surface area contributed by atoms with E-state index in [0.717, 1.165) is 29.4 Å². The van der Waals surface area contributed by atoms with Crippen molar-refractivity contribution in [2.75, 3.05) is 0 Å². The van der Waals surface area contributed by atoms with Gasteiger partial charge in [0.2, 0.25) is 0 Å². The molecule has 0 bridgehead atoms. The number of hydrogen-bond donors (Lipinski definition) is 0. The van der Waals surface area contributed by atoms with Crippen LogP contribution in [0.2, 0.25) is 5.02 Å². The fourth-order valence-corrected chi connectivity index (χ4v) is 3.85. The van der Waals surface area contributed by atoms with Gasteiger partial charge in [-0.05, 0) is 31.4 Å². The number of hydrogen-bond acceptors (Lipinski definition) is 3. The Morgan fingerprint density at radius 1 is 1.38 bits per heavy atom. The van der Waals surface area contributed by atoms with Gasteiger partial charge in [-0.25, -0.2) is 0 Å². The molecule has 0 spiro atoms. The van der Waals surface area contributed by atoms with Gasteiger partial charge in [0, 0.05) is 11.7 Å². The van der Waals surface area contributed by atoms with E-state index in [-0.39, 0.29) is 18.8 Å². The van der Waals surface area contributed by atoms with Gasteiger partial charge >= 0.3 is 7.12 Å². The minimum absolute atomic E-state index is 0.111. The maximum absolute atomic E-state index is 6.21. The van der Waals surface area contributed by atoms with E-state index in [9.17, 15) is 0 Å². The van der Waals surface area contributed by atoms with Gasteiger partial charge in [0.15, 0.2) is 5.58 Å². The van der Waals surface area contributed by atoms with Crippen LogP contribution in [0.1, 0.15) is 38.2 Å². The van der Waals surface area contributed by atoms with E-state index in [0.29, 0.717) is 11.3 Å². The van der Waals surface area contributed by atoms with Crippen molar-refractivity contribution in [1.29, 1.82) is 0 Å². The molecule has 2 aliphatic rings. The Hall–Kier alpha value is -0.965. The first-order chi connectivity index (χ1) is 10.2. The van der Waals surface area contributed by atoms with Crippen LogP contribution in [-0.2, 0) is 15.6 Å². The molecule has 1 aromatic heterocycles. The lowest BCUT2D eigenvalue weighted by Crippen LogP contribution is -2.39. The van der Waals surface area contributed by atoms with Crippen molar-refractivity contribution in [2.45, 2.75) is 50.6 Å². The Kier molecular flexibility index (Phi) is 3.29. The van der Waals surface area contributed by atoms with E-state index in [1.807, 2.05) is 18.2 Å². The van der Waals surface area contributed by atoms with Gasteiger partial charge in [0.1, 0.15) is 0 Å². The lowest BCUT2D eigenvalue weighted by Gasteiger charge is -2.34. The standard InChI is InChI=1S/C16H18BClO3/c1-16-8-3-2-7-14(16)20-17(21-16)9-11-10-19-15-12(11)5-4-6-13(15)18/h4-6,10,14H,2-3,7-9H2,1H3/t14-,16?/m1/s1. The summed E-state index contributed by atoms with van der Waals surface area (Å²) in [7, 11) is -0.183. The van der Waals surface area contributed by atoms with Crippen LogP contribution in [0.15, 0.2) is 28.9 Å². The first-order valence-corrected chi connectivity index (χ1v) is 8.01. The third kappa shape index (κ3) is 2.30. The van der Waals surface area contributed by atoms with Gasteiger partial charge in [0.25, 0.3) is 0 Å². The lowest BCUT2D eigenvalue weighted by molar-refractivity contribution is 0.0181. The van der Waals surface area contributed by atoms with Gasteiger partial charge < -0.3 is 13.7 Å². The second kappa shape index (κ2) is 5.04. The third-order valence-electron chi connectivity index (χ3n) is 4.81. The smallest absolute Gasteiger partial charge is 0.462 e. The summed E-state index contributed by atoms with van der Waals surface area (Å²) in [6, 6.07) is 5.82. The summed E-state index contributed by atoms with van der Waals surface area (Å²) in [6.07, 6.45) is 7.37. The minimum atomic E-state index is -0.183. The molecule has 1 aliphatic carbocycles. The van der Waals surface area contributed by atoms with E-state index in [2.05, 4.69) is 6.92 Å². The second-order valence-electron chi connectivity index (χ2n) is 6.31. The van der Waals surface area contributed by atoms with Gasteiger partial charge in [-0.15, -0.1) is 0 Å². The van der Waals surface area contributed by atoms with Crippen LogP contribution < -0.4 is 0 Å². The fraction of sp³-hybridized carbons (Fsp3) is 0.500. The van der Waals surface area contributed by atoms with Gasteiger partial charge in [-0.3, -0.25) is 0 Å². The Morgan fingerprint density at radius 3 is 3.14 bits per heavy atom. The van der Waals surface area contributed by atoms with Crippen molar-refractivity contribution in [1.82, 2.24) is 0 Å². The predicted molar refractivity (Wildman–Crippen MR) is 83.5 cm³/mol. The zero-order valence-corrected chi connectivity index (χ0v) is 12.9. The minimum Gasteiger partial charge on any atom is -0.463 e. The summed E-state index contributed by atoms with van der Waals surface area (Å²) in [5, 5.41) is 1.70. The first kappa shape index (κ1) is 13.7. The Labute approximate surface area is 129 Å². The van der Waals surface area contributed by atoms with E-state index < -0.39 is 0 Å². The molecule has 2 fully saturated rings. The quantitative estimate of drug-likeness (QED) is 0.770. The SMILES string of the molecule is CC12CCCC[C@H]1OB(Cc1coc3c(Cl)cccc13)O2. The van der Waals surface area contributed by atoms with Crippen molar-refractivity contribution >= 4 is 29.7 Å². The molecule has 2 aromatic rings. The average Bonchev–Trinajstić information content (AvgIpc) is 3.01. The van der Waals surface area contributed by atoms with E-state index in [1.165, 1.54) is 12.8 Å². The maximum Gasteiger partial charge on any atom is 0.462 e. The number of furan rings is 1. The van der Waals surface area contributed by atoms with Crippen LogP contribution in [0.5, 0.6) is 0 Å². The van der Waals surface area contributed by atoms with E-state index in [4.69, 9.17) is 25.3 Å². The Morgan fingerprint density at radius 2 is 2.29 bits per heavy atom. The summed E-state index contributed by atoms with van der Waals surface area (Å²) < 4.78 is 17.9. The molecular formula is C16H18BClO3. The monoisotopic (exact) mass is 304 g/mol. The summed E-state index contributed by atoms with van der Waals surface area (Å²) in [6.45, 7) is 2.18. The molecule has 2 atom stereocenters. The highest BCUT2D eigenvalue weighted by Gasteiger charge is 2.49. The van der Waals surface area contributed by atoms with Crippen molar-refractivity contribution < 1.29 is 13.7 Å². The molecule has 2 heterocycles. The maximum atomic E-state index is 6.21. The molecule has 0 radical (unpaired) electrons. The number of fused-ring (bicyclic) bond motifs is 2. The van der Waals surface area contributed by atoms with E-state index in [1.54, 1.807) is 6.26 Å². The molecule has 3 nitrogen and oxygen atoms in total. The number of benzene rings is 1. The molecule has 1 saturated heterocycles. The number of para-hydroxylation sites is 1. The zero-order valence-electron chi connectivity index (χ0n) is 12.1. The number of halogens is 1. The highest BCUT2D eigenvalue weighted by atomic mass is 35.5. The highest BCUT2D eigenvalue weighted by Crippen LogP contribution is 2.40. The molecule has 4 rings (SSSR count). The summed E-state index contributed by atoms with van der Waals surface area (Å²) >= 11 is 6.15. The Balaban J connectivity index is 1.57. The molecule has 1 saturated carbocycles. The van der Waals surface area contributed by atoms with Crippen molar-refractivity contribution in [3.63, 3.8) is 0 Å². The molecule has 110 valence electrons. The second-order valence-corrected chi connectivity index (χ2v) is 6.72. The summed E-state index contributed by atoms with van der Waals surface area (Å²) in [5.41, 5.74) is 1.73.